The molecule has 1 saturated heterocycles. The highest BCUT2D eigenvalue weighted by Crippen LogP contribution is 2.10. The maximum atomic E-state index is 5.64. The van der Waals surface area contributed by atoms with Crippen molar-refractivity contribution in [3.63, 3.8) is 0 Å². The Labute approximate surface area is 87.4 Å². The van der Waals surface area contributed by atoms with E-state index in [9.17, 15) is 0 Å². The zero-order chi connectivity index (χ0) is 9.36. The lowest BCUT2D eigenvalue weighted by Gasteiger charge is -2.19. The second-order valence-corrected chi connectivity index (χ2v) is 4.38. The molecular weight excluding hydrogens is 182 g/mol. The van der Waals surface area contributed by atoms with Gasteiger partial charge in [-0.3, -0.25) is 0 Å². The molecule has 0 spiro atoms. The first-order chi connectivity index (χ1) is 6.43. The van der Waals surface area contributed by atoms with Crippen LogP contribution in [0.1, 0.15) is 44.9 Å². The van der Waals surface area contributed by atoms with Crippen LogP contribution in [-0.4, -0.2) is 30.4 Å². The molecule has 1 aliphatic rings. The van der Waals surface area contributed by atoms with Gasteiger partial charge in [0.1, 0.15) is 0 Å². The molecule has 2 heteroatoms. The molecule has 0 N–H and O–H groups in total. The van der Waals surface area contributed by atoms with Gasteiger partial charge in [0.25, 0.3) is 0 Å². The fourth-order valence-corrected chi connectivity index (χ4v) is 2.16. The molecule has 1 heterocycles. The van der Waals surface area contributed by atoms with E-state index in [1.54, 1.807) is 0 Å². The third-order valence-electron chi connectivity index (χ3n) is 2.81. The topological polar surface area (TPSA) is 3.24 Å². The molecule has 1 fully saturated rings. The van der Waals surface area contributed by atoms with Crippen LogP contribution in [0.3, 0.4) is 0 Å². The number of alkyl halides is 1. The summed E-state index contributed by atoms with van der Waals surface area (Å²) < 4.78 is 0. The van der Waals surface area contributed by atoms with Crippen molar-refractivity contribution in [2.75, 3.05) is 25.5 Å². The molecule has 0 saturated carbocycles. The van der Waals surface area contributed by atoms with Gasteiger partial charge in [-0.2, -0.15) is 0 Å². The minimum absolute atomic E-state index is 0.833. The van der Waals surface area contributed by atoms with Crippen LogP contribution < -0.4 is 0 Å². The average molecular weight is 204 g/mol. The van der Waals surface area contributed by atoms with Crippen molar-refractivity contribution in [1.29, 1.82) is 0 Å². The molecule has 1 nitrogen and oxygen atoms in total. The maximum absolute atomic E-state index is 5.64. The first-order valence-corrected chi connectivity index (χ1v) is 6.25. The normalized spacial score (nSPS) is 20.1. The number of likely N-dealkylation sites (tertiary alicyclic amines) is 1. The Morgan fingerprint density at radius 2 is 1.54 bits per heavy atom. The largest absolute Gasteiger partial charge is 0.303 e. The molecule has 13 heavy (non-hydrogen) atoms. The van der Waals surface area contributed by atoms with Crippen LogP contribution in [-0.2, 0) is 0 Å². The average Bonchev–Trinajstić information content (AvgIpc) is 2.41. The van der Waals surface area contributed by atoms with Crippen molar-refractivity contribution in [3.8, 4) is 0 Å². The van der Waals surface area contributed by atoms with E-state index in [1.165, 1.54) is 64.6 Å². The number of unbranched alkanes of at least 4 members (excludes halogenated alkanes) is 2. The third kappa shape index (κ3) is 5.53. The molecule has 1 rings (SSSR count). The van der Waals surface area contributed by atoms with Gasteiger partial charge in [-0.1, -0.05) is 19.3 Å². The van der Waals surface area contributed by atoms with E-state index in [4.69, 9.17) is 11.6 Å². The fourth-order valence-electron chi connectivity index (χ4n) is 1.97. The Balaban J connectivity index is 1.98. The zero-order valence-electron chi connectivity index (χ0n) is 8.60. The summed E-state index contributed by atoms with van der Waals surface area (Å²) >= 11 is 5.64. The van der Waals surface area contributed by atoms with Crippen molar-refractivity contribution in [2.45, 2.75) is 44.9 Å². The number of rotatable bonds is 5. The predicted octanol–water partition coefficient (Wildman–Crippen LogP) is 3.27. The van der Waals surface area contributed by atoms with Crippen molar-refractivity contribution in [3.05, 3.63) is 0 Å². The zero-order valence-corrected chi connectivity index (χ0v) is 9.36. The van der Waals surface area contributed by atoms with Crippen molar-refractivity contribution >= 4 is 11.6 Å². The van der Waals surface area contributed by atoms with E-state index in [0.717, 1.165) is 5.88 Å². The highest BCUT2D eigenvalue weighted by atomic mass is 35.5. The van der Waals surface area contributed by atoms with Crippen molar-refractivity contribution < 1.29 is 0 Å². The minimum Gasteiger partial charge on any atom is -0.303 e. The summed E-state index contributed by atoms with van der Waals surface area (Å²) in [5.74, 6) is 0.833. The highest BCUT2D eigenvalue weighted by Gasteiger charge is 2.07. The third-order valence-corrected chi connectivity index (χ3v) is 3.07. The smallest absolute Gasteiger partial charge is 0.0223 e. The van der Waals surface area contributed by atoms with Gasteiger partial charge in [-0.15, -0.1) is 11.6 Å². The molecule has 0 bridgehead atoms. The number of hydrogen-bond donors (Lipinski definition) is 0. The number of halogens is 1. The van der Waals surface area contributed by atoms with Gasteiger partial charge in [-0.05, 0) is 45.3 Å². The Morgan fingerprint density at radius 3 is 2.15 bits per heavy atom. The first-order valence-electron chi connectivity index (χ1n) is 5.72. The van der Waals surface area contributed by atoms with Crippen LogP contribution in [0.5, 0.6) is 0 Å². The summed E-state index contributed by atoms with van der Waals surface area (Å²) in [5.41, 5.74) is 0. The van der Waals surface area contributed by atoms with Crippen LogP contribution in [0.4, 0.5) is 0 Å². The maximum Gasteiger partial charge on any atom is 0.0223 e. The lowest BCUT2D eigenvalue weighted by Crippen LogP contribution is -2.25. The second-order valence-electron chi connectivity index (χ2n) is 4.01. The predicted molar refractivity (Wildman–Crippen MR) is 59.5 cm³/mol. The first kappa shape index (κ1) is 11.3. The Morgan fingerprint density at radius 1 is 0.846 bits per heavy atom. The van der Waals surface area contributed by atoms with Crippen LogP contribution in [0.25, 0.3) is 0 Å². The molecule has 78 valence electrons. The molecule has 0 aromatic heterocycles. The molecule has 0 aromatic carbocycles. The van der Waals surface area contributed by atoms with Gasteiger partial charge in [0.15, 0.2) is 0 Å². The minimum atomic E-state index is 0.833. The van der Waals surface area contributed by atoms with Crippen LogP contribution in [0, 0.1) is 0 Å². The van der Waals surface area contributed by atoms with Gasteiger partial charge in [0, 0.05) is 5.88 Å². The molecule has 1 aliphatic heterocycles. The summed E-state index contributed by atoms with van der Waals surface area (Å²) in [4.78, 5) is 2.63. The van der Waals surface area contributed by atoms with Gasteiger partial charge >= 0.3 is 0 Å². The monoisotopic (exact) mass is 203 g/mol. The Kier molecular flexibility index (Phi) is 6.65. The lowest BCUT2D eigenvalue weighted by molar-refractivity contribution is 0.279. The second kappa shape index (κ2) is 7.64. The van der Waals surface area contributed by atoms with Crippen molar-refractivity contribution in [1.82, 2.24) is 4.90 Å². The van der Waals surface area contributed by atoms with Gasteiger partial charge < -0.3 is 4.90 Å². The van der Waals surface area contributed by atoms with E-state index in [-0.39, 0.29) is 0 Å². The quantitative estimate of drug-likeness (QED) is 0.490. The Hall–Kier alpha value is 0.250. The highest BCUT2D eigenvalue weighted by molar-refractivity contribution is 6.17. The van der Waals surface area contributed by atoms with Crippen LogP contribution in [0.15, 0.2) is 0 Å². The summed E-state index contributed by atoms with van der Waals surface area (Å²) in [6.07, 6.45) is 9.55. The lowest BCUT2D eigenvalue weighted by atomic mass is 10.2. The van der Waals surface area contributed by atoms with Gasteiger partial charge in [-0.25, -0.2) is 0 Å². The number of nitrogens with zero attached hydrogens (tertiary/aromatic N) is 1. The molecular formula is C11H22ClN. The SMILES string of the molecule is ClCCCCCN1CCCCCC1. The van der Waals surface area contributed by atoms with Gasteiger partial charge in [0.2, 0.25) is 0 Å². The van der Waals surface area contributed by atoms with Crippen LogP contribution in [0.2, 0.25) is 0 Å². The summed E-state index contributed by atoms with van der Waals surface area (Å²) in [5, 5.41) is 0. The summed E-state index contributed by atoms with van der Waals surface area (Å²) in [7, 11) is 0. The van der Waals surface area contributed by atoms with E-state index in [2.05, 4.69) is 4.90 Å². The van der Waals surface area contributed by atoms with E-state index in [0.29, 0.717) is 0 Å². The molecule has 0 atom stereocenters. The van der Waals surface area contributed by atoms with E-state index >= 15 is 0 Å². The fraction of sp³-hybridized carbons (Fsp3) is 1.00. The van der Waals surface area contributed by atoms with Crippen LogP contribution >= 0.6 is 11.6 Å². The summed E-state index contributed by atoms with van der Waals surface area (Å²) in [6, 6.07) is 0. The molecule has 0 radical (unpaired) electrons. The molecule has 0 unspecified atom stereocenters. The standard InChI is InChI=1S/C11H22ClN/c12-8-4-3-7-11-13-9-5-1-2-6-10-13/h1-11H2. The summed E-state index contributed by atoms with van der Waals surface area (Å²) in [6.45, 7) is 3.97. The Bertz CT molecular complexity index is 109. The van der Waals surface area contributed by atoms with Crippen molar-refractivity contribution in [2.24, 2.45) is 0 Å². The van der Waals surface area contributed by atoms with E-state index in [1.807, 2.05) is 0 Å². The van der Waals surface area contributed by atoms with E-state index < -0.39 is 0 Å². The molecule has 0 amide bonds. The number of hydrogen-bond acceptors (Lipinski definition) is 1. The molecule has 0 aliphatic carbocycles. The van der Waals surface area contributed by atoms with Gasteiger partial charge in [0.05, 0.1) is 0 Å². The molecule has 0 aromatic rings.